The van der Waals surface area contributed by atoms with E-state index in [0.29, 0.717) is 13.0 Å². The Morgan fingerprint density at radius 2 is 2.14 bits per heavy atom. The van der Waals surface area contributed by atoms with E-state index in [9.17, 15) is 4.79 Å². The smallest absolute Gasteiger partial charge is 0.309 e. The van der Waals surface area contributed by atoms with Gasteiger partial charge in [-0.15, -0.1) is 0 Å². The summed E-state index contributed by atoms with van der Waals surface area (Å²) >= 11 is 0. The molecule has 3 nitrogen and oxygen atoms in total. The summed E-state index contributed by atoms with van der Waals surface area (Å²) < 4.78 is 5.02. The van der Waals surface area contributed by atoms with Gasteiger partial charge < -0.3 is 9.84 Å². The molecule has 1 aliphatic rings. The van der Waals surface area contributed by atoms with Crippen LogP contribution in [0, 0.1) is 5.92 Å². The number of epoxide rings is 1. The highest BCUT2D eigenvalue weighted by Crippen LogP contribution is 2.24. The Morgan fingerprint density at radius 3 is 2.64 bits per heavy atom. The minimum absolute atomic E-state index is 0.0762. The molecule has 0 aliphatic carbocycles. The van der Waals surface area contributed by atoms with Gasteiger partial charge in [0.05, 0.1) is 18.6 Å². The van der Waals surface area contributed by atoms with Crippen LogP contribution in [0.4, 0.5) is 0 Å². The zero-order chi connectivity index (χ0) is 9.97. The van der Waals surface area contributed by atoms with Gasteiger partial charge in [0, 0.05) is 0 Å². The highest BCUT2D eigenvalue weighted by atomic mass is 16.6. The average molecular weight is 192 g/mol. The minimum atomic E-state index is -0.767. The molecule has 0 aromatic heterocycles. The van der Waals surface area contributed by atoms with Crippen LogP contribution in [0.2, 0.25) is 0 Å². The maximum Gasteiger partial charge on any atom is 0.309 e. The molecule has 1 N–H and O–H groups in total. The Balaban J connectivity index is 2.04. The van der Waals surface area contributed by atoms with E-state index in [1.807, 2.05) is 30.3 Å². The van der Waals surface area contributed by atoms with Crippen molar-refractivity contribution in [2.24, 2.45) is 5.92 Å². The van der Waals surface area contributed by atoms with Crippen LogP contribution in [0.15, 0.2) is 30.3 Å². The molecule has 0 radical (unpaired) electrons. The molecule has 74 valence electrons. The molecule has 2 rings (SSSR count). The number of carboxylic acid groups (broad SMARTS) is 1. The molecule has 1 aliphatic heterocycles. The van der Waals surface area contributed by atoms with Crippen LogP contribution < -0.4 is 0 Å². The number of hydrogen-bond acceptors (Lipinski definition) is 2. The molecule has 14 heavy (non-hydrogen) atoms. The van der Waals surface area contributed by atoms with E-state index in [2.05, 4.69) is 0 Å². The predicted molar refractivity (Wildman–Crippen MR) is 51.0 cm³/mol. The quantitative estimate of drug-likeness (QED) is 0.732. The van der Waals surface area contributed by atoms with Crippen molar-refractivity contribution in [3.63, 3.8) is 0 Å². The fourth-order valence-corrected chi connectivity index (χ4v) is 1.53. The van der Waals surface area contributed by atoms with Crippen LogP contribution in [0.3, 0.4) is 0 Å². The van der Waals surface area contributed by atoms with Gasteiger partial charge in [-0.3, -0.25) is 4.79 Å². The van der Waals surface area contributed by atoms with Crippen molar-refractivity contribution in [2.75, 3.05) is 6.61 Å². The maximum absolute atomic E-state index is 10.9. The van der Waals surface area contributed by atoms with Gasteiger partial charge in [-0.25, -0.2) is 0 Å². The lowest BCUT2D eigenvalue weighted by atomic mass is 9.97. The van der Waals surface area contributed by atoms with E-state index in [4.69, 9.17) is 9.84 Å². The Bertz CT molecular complexity index is 317. The van der Waals surface area contributed by atoms with Crippen molar-refractivity contribution in [2.45, 2.75) is 12.5 Å². The standard InChI is InChI=1S/C11H12O3/c12-11(13)9(10-7-14-10)6-8-4-2-1-3-5-8/h1-5,9-10H,6-7H2,(H,12,13)/t9-,10+/m0/s1. The lowest BCUT2D eigenvalue weighted by Gasteiger charge is -2.08. The first kappa shape index (κ1) is 9.21. The lowest BCUT2D eigenvalue weighted by molar-refractivity contribution is -0.142. The van der Waals surface area contributed by atoms with Crippen LogP contribution >= 0.6 is 0 Å². The number of ether oxygens (including phenoxy) is 1. The van der Waals surface area contributed by atoms with Gasteiger partial charge in [0.2, 0.25) is 0 Å². The van der Waals surface area contributed by atoms with Gasteiger partial charge in [-0.1, -0.05) is 30.3 Å². The Hall–Kier alpha value is -1.35. The first-order chi connectivity index (χ1) is 6.77. The Morgan fingerprint density at radius 1 is 1.50 bits per heavy atom. The monoisotopic (exact) mass is 192 g/mol. The van der Waals surface area contributed by atoms with Gasteiger partial charge in [0.15, 0.2) is 0 Å². The molecule has 0 bridgehead atoms. The van der Waals surface area contributed by atoms with Crippen LogP contribution in [0.25, 0.3) is 0 Å². The van der Waals surface area contributed by atoms with Gasteiger partial charge in [-0.05, 0) is 12.0 Å². The number of carboxylic acids is 1. The van der Waals surface area contributed by atoms with E-state index in [1.54, 1.807) is 0 Å². The molecule has 3 heteroatoms. The summed E-state index contributed by atoms with van der Waals surface area (Å²) in [5.74, 6) is -1.16. The summed E-state index contributed by atoms with van der Waals surface area (Å²) in [5.41, 5.74) is 1.05. The Kier molecular flexibility index (Phi) is 2.50. The molecule has 1 aromatic carbocycles. The third-order valence-electron chi connectivity index (χ3n) is 2.42. The van der Waals surface area contributed by atoms with Crippen LogP contribution in [0.1, 0.15) is 5.56 Å². The second-order valence-corrected chi connectivity index (χ2v) is 3.51. The zero-order valence-corrected chi connectivity index (χ0v) is 7.72. The largest absolute Gasteiger partial charge is 0.481 e. The van der Waals surface area contributed by atoms with E-state index >= 15 is 0 Å². The van der Waals surface area contributed by atoms with Crippen LogP contribution in [-0.4, -0.2) is 23.8 Å². The highest BCUT2D eigenvalue weighted by molar-refractivity contribution is 5.71. The summed E-state index contributed by atoms with van der Waals surface area (Å²) in [5, 5.41) is 8.96. The fraction of sp³-hybridized carbons (Fsp3) is 0.364. The molecular formula is C11H12O3. The number of aliphatic carboxylic acids is 1. The molecular weight excluding hydrogens is 180 g/mol. The summed E-state index contributed by atoms with van der Waals surface area (Å²) in [6.07, 6.45) is 0.480. The van der Waals surface area contributed by atoms with Crippen LogP contribution in [-0.2, 0) is 16.0 Å². The normalized spacial score (nSPS) is 21.6. The Labute approximate surface area is 82.3 Å². The molecule has 0 amide bonds. The number of benzene rings is 1. The van der Waals surface area contributed by atoms with Gasteiger partial charge >= 0.3 is 5.97 Å². The molecule has 0 unspecified atom stereocenters. The molecule has 1 aromatic rings. The lowest BCUT2D eigenvalue weighted by Crippen LogP contribution is -2.22. The van der Waals surface area contributed by atoms with E-state index < -0.39 is 11.9 Å². The second kappa shape index (κ2) is 3.80. The fourth-order valence-electron chi connectivity index (χ4n) is 1.53. The molecule has 2 atom stereocenters. The third kappa shape index (κ3) is 2.12. The summed E-state index contributed by atoms with van der Waals surface area (Å²) in [6, 6.07) is 9.65. The molecule has 1 fully saturated rings. The van der Waals surface area contributed by atoms with Crippen molar-refractivity contribution in [3.8, 4) is 0 Å². The highest BCUT2D eigenvalue weighted by Gasteiger charge is 2.37. The van der Waals surface area contributed by atoms with Crippen molar-refractivity contribution in [3.05, 3.63) is 35.9 Å². The summed E-state index contributed by atoms with van der Waals surface area (Å²) in [7, 11) is 0. The van der Waals surface area contributed by atoms with Crippen LogP contribution in [0.5, 0.6) is 0 Å². The van der Waals surface area contributed by atoms with E-state index in [1.165, 1.54) is 0 Å². The molecule has 0 saturated carbocycles. The summed E-state index contributed by atoms with van der Waals surface area (Å²) in [6.45, 7) is 0.587. The molecule has 1 saturated heterocycles. The zero-order valence-electron chi connectivity index (χ0n) is 7.72. The average Bonchev–Trinajstić information content (AvgIpc) is 2.99. The first-order valence-corrected chi connectivity index (χ1v) is 4.65. The molecule has 1 heterocycles. The van der Waals surface area contributed by atoms with Crippen molar-refractivity contribution < 1.29 is 14.6 Å². The van der Waals surface area contributed by atoms with Crippen molar-refractivity contribution >= 4 is 5.97 Å². The number of carbonyl (C=O) groups is 1. The van der Waals surface area contributed by atoms with Gasteiger partial charge in [0.1, 0.15) is 0 Å². The summed E-state index contributed by atoms with van der Waals surface area (Å²) in [4.78, 5) is 10.9. The predicted octanol–water partition coefficient (Wildman–Crippen LogP) is 1.33. The minimum Gasteiger partial charge on any atom is -0.481 e. The van der Waals surface area contributed by atoms with E-state index in [-0.39, 0.29) is 6.10 Å². The SMILES string of the molecule is O=C(O)[C@@H](Cc1ccccc1)[C@H]1CO1. The molecule has 0 spiro atoms. The van der Waals surface area contributed by atoms with Gasteiger partial charge in [0.25, 0.3) is 0 Å². The second-order valence-electron chi connectivity index (χ2n) is 3.51. The topological polar surface area (TPSA) is 49.8 Å². The van der Waals surface area contributed by atoms with E-state index in [0.717, 1.165) is 5.56 Å². The van der Waals surface area contributed by atoms with Crippen molar-refractivity contribution in [1.29, 1.82) is 0 Å². The van der Waals surface area contributed by atoms with Crippen molar-refractivity contribution in [1.82, 2.24) is 0 Å². The third-order valence-corrected chi connectivity index (χ3v) is 2.42. The maximum atomic E-state index is 10.9. The number of rotatable bonds is 4. The first-order valence-electron chi connectivity index (χ1n) is 4.65. The van der Waals surface area contributed by atoms with Gasteiger partial charge in [-0.2, -0.15) is 0 Å². The number of hydrogen-bond donors (Lipinski definition) is 1.